The van der Waals surface area contributed by atoms with Crippen LogP contribution in [0.2, 0.25) is 0 Å². The zero-order valence-corrected chi connectivity index (χ0v) is 11.9. The Morgan fingerprint density at radius 1 is 1.12 bits per heavy atom. The van der Waals surface area contributed by atoms with Gasteiger partial charge in [-0.1, -0.05) is 27.2 Å². The Morgan fingerprint density at radius 2 is 1.88 bits per heavy atom. The van der Waals surface area contributed by atoms with Crippen LogP contribution < -0.4 is 5.32 Å². The van der Waals surface area contributed by atoms with Gasteiger partial charge in [-0.3, -0.25) is 0 Å². The Balaban J connectivity index is 3.29. The van der Waals surface area contributed by atoms with Crippen LogP contribution in [0, 0.1) is 11.8 Å². The highest BCUT2D eigenvalue weighted by atomic mass is 16.5. The average molecular weight is 245 g/mol. The number of hydrogen-bond acceptors (Lipinski definition) is 3. The summed E-state index contributed by atoms with van der Waals surface area (Å²) in [6, 6.07) is 0. The maximum atomic E-state index is 8.94. The Labute approximate surface area is 107 Å². The highest BCUT2D eigenvalue weighted by Crippen LogP contribution is 2.08. The van der Waals surface area contributed by atoms with Gasteiger partial charge in [-0.05, 0) is 37.6 Å². The third kappa shape index (κ3) is 12.1. The van der Waals surface area contributed by atoms with E-state index in [9.17, 15) is 0 Å². The smallest absolute Gasteiger partial charge is 0.0590 e. The lowest BCUT2D eigenvalue weighted by Crippen LogP contribution is -2.27. The summed E-state index contributed by atoms with van der Waals surface area (Å²) in [6.07, 6.45) is 4.44. The van der Waals surface area contributed by atoms with Crippen molar-refractivity contribution in [2.24, 2.45) is 11.8 Å². The van der Waals surface area contributed by atoms with Gasteiger partial charge < -0.3 is 15.2 Å². The Bertz CT molecular complexity index is 145. The molecule has 0 amide bonds. The zero-order valence-electron chi connectivity index (χ0n) is 11.9. The molecule has 0 saturated heterocycles. The number of aliphatic hydroxyl groups excluding tert-OH is 1. The molecular formula is C14H31NO2. The van der Waals surface area contributed by atoms with E-state index in [0.717, 1.165) is 45.1 Å². The van der Waals surface area contributed by atoms with Crippen molar-refractivity contribution < 1.29 is 9.84 Å². The third-order valence-electron chi connectivity index (χ3n) is 2.93. The number of ether oxygens (including phenoxy) is 1. The molecule has 0 fully saturated rings. The van der Waals surface area contributed by atoms with Crippen LogP contribution in [-0.2, 0) is 4.74 Å². The van der Waals surface area contributed by atoms with E-state index < -0.39 is 0 Å². The topological polar surface area (TPSA) is 41.5 Å². The van der Waals surface area contributed by atoms with E-state index >= 15 is 0 Å². The molecule has 1 atom stereocenters. The first-order valence-electron chi connectivity index (χ1n) is 7.10. The quantitative estimate of drug-likeness (QED) is 0.519. The van der Waals surface area contributed by atoms with Crippen LogP contribution in [0.15, 0.2) is 0 Å². The molecular weight excluding hydrogens is 214 g/mol. The van der Waals surface area contributed by atoms with Gasteiger partial charge in [0.25, 0.3) is 0 Å². The van der Waals surface area contributed by atoms with Crippen LogP contribution in [0.5, 0.6) is 0 Å². The molecule has 1 unspecified atom stereocenters. The molecule has 0 rings (SSSR count). The summed E-state index contributed by atoms with van der Waals surface area (Å²) in [4.78, 5) is 0. The van der Waals surface area contributed by atoms with E-state index in [1.807, 2.05) is 0 Å². The van der Waals surface area contributed by atoms with Gasteiger partial charge in [0.2, 0.25) is 0 Å². The molecule has 0 spiro atoms. The number of rotatable bonds is 12. The number of aliphatic hydroxyl groups is 1. The lowest BCUT2D eigenvalue weighted by molar-refractivity contribution is 0.124. The van der Waals surface area contributed by atoms with Crippen LogP contribution in [-0.4, -0.2) is 38.0 Å². The highest BCUT2D eigenvalue weighted by Gasteiger charge is 2.05. The Hall–Kier alpha value is -0.120. The van der Waals surface area contributed by atoms with E-state index in [1.54, 1.807) is 0 Å². The second-order valence-corrected chi connectivity index (χ2v) is 5.17. The summed E-state index contributed by atoms with van der Waals surface area (Å²) in [5, 5.41) is 12.3. The molecule has 0 bridgehead atoms. The molecule has 0 radical (unpaired) electrons. The maximum absolute atomic E-state index is 8.94. The van der Waals surface area contributed by atoms with Crippen molar-refractivity contribution in [3.05, 3.63) is 0 Å². The molecule has 0 aromatic carbocycles. The minimum atomic E-state index is 0.303. The second-order valence-electron chi connectivity index (χ2n) is 5.17. The molecule has 3 nitrogen and oxygen atoms in total. The van der Waals surface area contributed by atoms with Crippen molar-refractivity contribution in [3.63, 3.8) is 0 Å². The molecule has 3 heteroatoms. The van der Waals surface area contributed by atoms with Crippen molar-refractivity contribution in [1.29, 1.82) is 0 Å². The summed E-state index contributed by atoms with van der Waals surface area (Å²) in [7, 11) is 0. The van der Waals surface area contributed by atoms with Gasteiger partial charge in [-0.2, -0.15) is 0 Å². The largest absolute Gasteiger partial charge is 0.396 e. The maximum Gasteiger partial charge on any atom is 0.0590 e. The van der Waals surface area contributed by atoms with Crippen molar-refractivity contribution in [1.82, 2.24) is 5.32 Å². The fourth-order valence-corrected chi connectivity index (χ4v) is 1.81. The van der Waals surface area contributed by atoms with Gasteiger partial charge in [-0.15, -0.1) is 0 Å². The SMILES string of the molecule is CCCC(CCO)CNCCOCCC(C)C. The van der Waals surface area contributed by atoms with Crippen LogP contribution in [0.4, 0.5) is 0 Å². The first-order chi connectivity index (χ1) is 8.20. The van der Waals surface area contributed by atoms with E-state index in [4.69, 9.17) is 9.84 Å². The summed E-state index contributed by atoms with van der Waals surface area (Å²) in [5.74, 6) is 1.34. The van der Waals surface area contributed by atoms with E-state index in [1.165, 1.54) is 12.8 Å². The van der Waals surface area contributed by atoms with E-state index in [-0.39, 0.29) is 0 Å². The molecule has 0 aliphatic carbocycles. The molecule has 0 saturated carbocycles. The lowest BCUT2D eigenvalue weighted by Gasteiger charge is -2.15. The van der Waals surface area contributed by atoms with Crippen molar-refractivity contribution >= 4 is 0 Å². The van der Waals surface area contributed by atoms with Gasteiger partial charge in [0.1, 0.15) is 0 Å². The van der Waals surface area contributed by atoms with Crippen LogP contribution in [0.25, 0.3) is 0 Å². The Kier molecular flexibility index (Phi) is 12.3. The predicted molar refractivity (Wildman–Crippen MR) is 73.2 cm³/mol. The molecule has 2 N–H and O–H groups in total. The van der Waals surface area contributed by atoms with E-state index in [0.29, 0.717) is 12.5 Å². The van der Waals surface area contributed by atoms with E-state index in [2.05, 4.69) is 26.1 Å². The van der Waals surface area contributed by atoms with Crippen LogP contribution in [0.3, 0.4) is 0 Å². The fourth-order valence-electron chi connectivity index (χ4n) is 1.81. The van der Waals surface area contributed by atoms with Gasteiger partial charge >= 0.3 is 0 Å². The summed E-state index contributed by atoms with van der Waals surface area (Å²) in [5.41, 5.74) is 0. The van der Waals surface area contributed by atoms with Gasteiger partial charge in [0, 0.05) is 19.8 Å². The minimum absolute atomic E-state index is 0.303. The molecule has 0 aliphatic heterocycles. The molecule has 104 valence electrons. The monoisotopic (exact) mass is 245 g/mol. The van der Waals surface area contributed by atoms with Crippen LogP contribution >= 0.6 is 0 Å². The highest BCUT2D eigenvalue weighted by molar-refractivity contribution is 4.61. The standard InChI is InChI=1S/C14H31NO2/c1-4-5-14(6-9-16)12-15-8-11-17-10-7-13(2)3/h13-16H,4-12H2,1-3H3. The molecule has 0 aromatic rings. The predicted octanol–water partition coefficient (Wildman–Crippen LogP) is 2.44. The lowest BCUT2D eigenvalue weighted by atomic mass is 10.0. The Morgan fingerprint density at radius 3 is 2.47 bits per heavy atom. The third-order valence-corrected chi connectivity index (χ3v) is 2.93. The fraction of sp³-hybridized carbons (Fsp3) is 1.00. The molecule has 0 aromatic heterocycles. The van der Waals surface area contributed by atoms with Crippen LogP contribution in [0.1, 0.15) is 46.5 Å². The zero-order chi connectivity index (χ0) is 12.9. The molecule has 0 aliphatic rings. The second kappa shape index (κ2) is 12.3. The number of hydrogen-bond donors (Lipinski definition) is 2. The normalized spacial score (nSPS) is 13.2. The summed E-state index contributed by atoms with van der Waals surface area (Å²) < 4.78 is 5.53. The van der Waals surface area contributed by atoms with Gasteiger partial charge in [-0.25, -0.2) is 0 Å². The first-order valence-corrected chi connectivity index (χ1v) is 7.10. The minimum Gasteiger partial charge on any atom is -0.396 e. The first kappa shape index (κ1) is 16.9. The van der Waals surface area contributed by atoms with Crippen molar-refractivity contribution in [2.45, 2.75) is 46.5 Å². The van der Waals surface area contributed by atoms with Gasteiger partial charge in [0.05, 0.1) is 6.61 Å². The molecule has 0 heterocycles. The van der Waals surface area contributed by atoms with Crippen molar-refractivity contribution in [3.8, 4) is 0 Å². The summed E-state index contributed by atoms with van der Waals surface area (Å²) >= 11 is 0. The summed E-state index contributed by atoms with van der Waals surface area (Å²) in [6.45, 7) is 10.5. The number of nitrogens with one attached hydrogen (secondary N) is 1. The van der Waals surface area contributed by atoms with Crippen molar-refractivity contribution in [2.75, 3.05) is 32.9 Å². The molecule has 17 heavy (non-hydrogen) atoms. The average Bonchev–Trinajstić information content (AvgIpc) is 2.28. The van der Waals surface area contributed by atoms with Gasteiger partial charge in [0.15, 0.2) is 0 Å².